The molecule has 0 radical (unpaired) electrons. The van der Waals surface area contributed by atoms with Crippen LogP contribution in [-0.2, 0) is 11.0 Å². The molecule has 11 nitrogen and oxygen atoms in total. The Balaban J connectivity index is 3.29. The number of carbonyl (C=O) groups is 1. The van der Waals surface area contributed by atoms with Crippen molar-refractivity contribution in [1.29, 1.82) is 0 Å². The van der Waals surface area contributed by atoms with E-state index in [4.69, 9.17) is 10.2 Å². The van der Waals surface area contributed by atoms with Crippen molar-refractivity contribution in [2.45, 2.75) is 24.5 Å². The number of hydrazone groups is 1. The highest BCUT2D eigenvalue weighted by molar-refractivity contribution is 6.37. The molecule has 0 aliphatic carbocycles. The Kier molecular flexibility index (Phi) is 7.18. The van der Waals surface area contributed by atoms with Crippen LogP contribution in [0.15, 0.2) is 23.3 Å². The van der Waals surface area contributed by atoms with E-state index < -0.39 is 64.6 Å². The summed E-state index contributed by atoms with van der Waals surface area (Å²) in [6, 6.07) is 1.25. The van der Waals surface area contributed by atoms with Gasteiger partial charge in [0.25, 0.3) is 5.69 Å². The van der Waals surface area contributed by atoms with Gasteiger partial charge in [0.05, 0.1) is 17.1 Å². The first-order valence-electron chi connectivity index (χ1n) is 6.97. The lowest BCUT2D eigenvalue weighted by molar-refractivity contribution is -0.384. The van der Waals surface area contributed by atoms with Gasteiger partial charge in [-0.3, -0.25) is 15.5 Å². The molecule has 150 valence electrons. The Hall–Kier alpha value is -2.81. The van der Waals surface area contributed by atoms with Crippen molar-refractivity contribution >= 4 is 23.1 Å². The molecule has 0 fully saturated rings. The zero-order valence-electron chi connectivity index (χ0n) is 13.2. The maximum absolute atomic E-state index is 12.7. The Morgan fingerprint density at radius 1 is 1.30 bits per heavy atom. The summed E-state index contributed by atoms with van der Waals surface area (Å²) >= 11 is 0. The number of nitro benzene ring substituents is 1. The fraction of sp³-hybridized carbons (Fsp3) is 0.385. The Morgan fingerprint density at radius 3 is 2.33 bits per heavy atom. The number of halogens is 3. The largest absolute Gasteiger partial charge is 0.477 e. The number of aliphatic hydroxyl groups excluding tert-OH is 4. The number of hydrogen-bond acceptors (Lipinski definition) is 9. The lowest BCUT2D eigenvalue weighted by Gasteiger charge is -2.21. The first-order chi connectivity index (χ1) is 12.4. The molecule has 0 saturated carbocycles. The van der Waals surface area contributed by atoms with Crippen molar-refractivity contribution in [1.82, 2.24) is 0 Å². The zero-order chi connectivity index (χ0) is 20.9. The minimum absolute atomic E-state index is 0.298. The molecule has 0 spiro atoms. The minimum Gasteiger partial charge on any atom is -0.477 e. The summed E-state index contributed by atoms with van der Waals surface area (Å²) in [5.74, 6) is -1.95. The third-order valence-corrected chi connectivity index (χ3v) is 3.22. The van der Waals surface area contributed by atoms with Gasteiger partial charge >= 0.3 is 12.1 Å². The summed E-state index contributed by atoms with van der Waals surface area (Å²) in [6.45, 7) is -1.04. The normalized spacial score (nSPS) is 15.7. The lowest BCUT2D eigenvalue weighted by atomic mass is 10.0. The molecule has 0 aliphatic rings. The number of rotatable bonds is 8. The monoisotopic (exact) mass is 397 g/mol. The number of nitrogens with one attached hydrogen (secondary N) is 1. The van der Waals surface area contributed by atoms with E-state index in [-0.39, 0.29) is 0 Å². The van der Waals surface area contributed by atoms with Gasteiger partial charge in [0.15, 0.2) is 5.71 Å². The van der Waals surface area contributed by atoms with Crippen molar-refractivity contribution in [3.8, 4) is 0 Å². The Bertz CT molecular complexity index is 740. The van der Waals surface area contributed by atoms with Gasteiger partial charge in [0, 0.05) is 6.07 Å². The summed E-state index contributed by atoms with van der Waals surface area (Å²) in [5, 5.41) is 60.1. The average Bonchev–Trinajstić information content (AvgIpc) is 2.58. The highest BCUT2D eigenvalue weighted by atomic mass is 19.4. The topological polar surface area (TPSA) is 186 Å². The molecular formula is C13H14F3N3O8. The third kappa shape index (κ3) is 5.58. The summed E-state index contributed by atoms with van der Waals surface area (Å²) in [6.07, 6.45) is -11.4. The first-order valence-corrected chi connectivity index (χ1v) is 6.97. The standard InChI is InChI=1S/C13H14F3N3O8/c14-13(15,16)5-1-2-7(19(26)27)6(3-5)17-18-9(12(24)25)11(23)10(22)8(21)4-20/h1-3,8,10-11,17,20-23H,4H2,(H,24,25)/b18-9+/t8-,10-,11-/m0/s1. The number of aliphatic carboxylic acids is 1. The Morgan fingerprint density at radius 2 is 1.89 bits per heavy atom. The van der Waals surface area contributed by atoms with E-state index >= 15 is 0 Å². The van der Waals surface area contributed by atoms with Gasteiger partial charge in [-0.1, -0.05) is 0 Å². The van der Waals surface area contributed by atoms with E-state index in [2.05, 4.69) is 5.10 Å². The molecule has 1 rings (SSSR count). The van der Waals surface area contributed by atoms with Crippen LogP contribution in [0, 0.1) is 10.1 Å². The second-order valence-electron chi connectivity index (χ2n) is 5.09. The highest BCUT2D eigenvalue weighted by Crippen LogP contribution is 2.34. The van der Waals surface area contributed by atoms with Crippen LogP contribution in [-0.4, -0.2) is 67.1 Å². The number of anilines is 1. The molecule has 0 heterocycles. The Labute approximate surface area is 148 Å². The van der Waals surface area contributed by atoms with E-state index in [9.17, 15) is 43.4 Å². The molecule has 14 heteroatoms. The fourth-order valence-electron chi connectivity index (χ4n) is 1.80. The summed E-state index contributed by atoms with van der Waals surface area (Å²) in [7, 11) is 0. The van der Waals surface area contributed by atoms with E-state index in [1.165, 1.54) is 0 Å². The van der Waals surface area contributed by atoms with Gasteiger partial charge in [-0.05, 0) is 12.1 Å². The predicted molar refractivity (Wildman–Crippen MR) is 81.9 cm³/mol. The van der Waals surface area contributed by atoms with Crippen molar-refractivity contribution in [3.63, 3.8) is 0 Å². The van der Waals surface area contributed by atoms with Crippen molar-refractivity contribution in [2.24, 2.45) is 5.10 Å². The number of benzene rings is 1. The van der Waals surface area contributed by atoms with Gasteiger partial charge < -0.3 is 25.5 Å². The van der Waals surface area contributed by atoms with Crippen LogP contribution in [0.4, 0.5) is 24.5 Å². The molecule has 0 amide bonds. The van der Waals surface area contributed by atoms with Crippen molar-refractivity contribution in [3.05, 3.63) is 33.9 Å². The average molecular weight is 397 g/mol. The predicted octanol–water partition coefficient (Wildman–Crippen LogP) is -0.459. The number of alkyl halides is 3. The smallest absolute Gasteiger partial charge is 0.416 e. The number of nitro groups is 1. The van der Waals surface area contributed by atoms with E-state index in [0.29, 0.717) is 18.2 Å². The molecule has 1 aromatic carbocycles. The van der Waals surface area contributed by atoms with Crippen LogP contribution in [0.1, 0.15) is 5.56 Å². The molecule has 0 unspecified atom stereocenters. The SMILES string of the molecule is O=C(O)/C(=N/Nc1cc(C(F)(F)F)ccc1[N+](=O)[O-])[C@H](O)[C@@H](O)[C@@H](O)CO. The van der Waals surface area contributed by atoms with Gasteiger partial charge in [0.1, 0.15) is 24.0 Å². The number of hydrogen-bond donors (Lipinski definition) is 6. The quantitative estimate of drug-likeness (QED) is 0.192. The number of carboxylic acid groups (broad SMARTS) is 1. The van der Waals surface area contributed by atoms with Crippen molar-refractivity contribution < 1.29 is 48.4 Å². The zero-order valence-corrected chi connectivity index (χ0v) is 13.2. The van der Waals surface area contributed by atoms with E-state index in [1.54, 1.807) is 5.43 Å². The fourth-order valence-corrected chi connectivity index (χ4v) is 1.80. The lowest BCUT2D eigenvalue weighted by Crippen LogP contribution is -2.46. The second-order valence-corrected chi connectivity index (χ2v) is 5.09. The van der Waals surface area contributed by atoms with Gasteiger partial charge in [0.2, 0.25) is 0 Å². The second kappa shape index (κ2) is 8.72. The summed E-state index contributed by atoms with van der Waals surface area (Å²) in [5.41, 5.74) is -2.55. The van der Waals surface area contributed by atoms with Crippen LogP contribution in [0.25, 0.3) is 0 Å². The molecule has 27 heavy (non-hydrogen) atoms. The highest BCUT2D eigenvalue weighted by Gasteiger charge is 2.34. The van der Waals surface area contributed by atoms with Gasteiger partial charge in [-0.25, -0.2) is 4.79 Å². The molecule has 3 atom stereocenters. The molecule has 0 saturated heterocycles. The van der Waals surface area contributed by atoms with Crippen molar-refractivity contribution in [2.75, 3.05) is 12.0 Å². The molecular weight excluding hydrogens is 383 g/mol. The number of nitrogens with zero attached hydrogens (tertiary/aromatic N) is 2. The number of carboxylic acids is 1. The third-order valence-electron chi connectivity index (χ3n) is 3.22. The summed E-state index contributed by atoms with van der Waals surface area (Å²) in [4.78, 5) is 21.0. The van der Waals surface area contributed by atoms with Gasteiger partial charge in [-0.2, -0.15) is 18.3 Å². The molecule has 0 aliphatic heterocycles. The molecule has 0 aromatic heterocycles. The maximum atomic E-state index is 12.7. The van der Waals surface area contributed by atoms with Crippen LogP contribution in [0.5, 0.6) is 0 Å². The maximum Gasteiger partial charge on any atom is 0.416 e. The molecule has 1 aromatic rings. The minimum atomic E-state index is -4.86. The van der Waals surface area contributed by atoms with Crippen LogP contribution >= 0.6 is 0 Å². The molecule has 0 bridgehead atoms. The van der Waals surface area contributed by atoms with E-state index in [1.807, 2.05) is 0 Å². The van der Waals surface area contributed by atoms with Crippen LogP contribution in [0.2, 0.25) is 0 Å². The van der Waals surface area contributed by atoms with Crippen LogP contribution < -0.4 is 5.43 Å². The van der Waals surface area contributed by atoms with E-state index in [0.717, 1.165) is 0 Å². The number of aliphatic hydroxyl groups is 4. The first kappa shape index (κ1) is 22.2. The van der Waals surface area contributed by atoms with Gasteiger partial charge in [-0.15, -0.1) is 0 Å². The van der Waals surface area contributed by atoms with Crippen LogP contribution in [0.3, 0.4) is 0 Å². The summed E-state index contributed by atoms with van der Waals surface area (Å²) < 4.78 is 38.2. The molecule has 6 N–H and O–H groups in total.